The summed E-state index contributed by atoms with van der Waals surface area (Å²) in [7, 11) is 0. The van der Waals surface area contributed by atoms with Crippen LogP contribution >= 0.6 is 0 Å². The van der Waals surface area contributed by atoms with Crippen molar-refractivity contribution in [1.82, 2.24) is 0 Å². The van der Waals surface area contributed by atoms with E-state index in [-0.39, 0.29) is 28.9 Å². The number of hydrogen-bond acceptors (Lipinski definition) is 3. The van der Waals surface area contributed by atoms with Crippen LogP contribution in [0.1, 0.15) is 28.4 Å². The fraction of sp³-hybridized carbons (Fsp3) is 0.273. The minimum atomic E-state index is -3.06. The Balaban J connectivity index is 3.40. The average Bonchev–Trinajstić information content (AvgIpc) is 2.26. The highest BCUT2D eigenvalue weighted by Crippen LogP contribution is 2.27. The van der Waals surface area contributed by atoms with Gasteiger partial charge < -0.3 is 9.84 Å². The second kappa shape index (κ2) is 5.25. The number of carboxylic acids is 1. The Bertz CT molecular complexity index is 480. The number of carboxylic acid groups (broad SMARTS) is 1. The first-order chi connectivity index (χ1) is 7.99. The van der Waals surface area contributed by atoms with E-state index in [1.54, 1.807) is 13.0 Å². The van der Waals surface area contributed by atoms with Crippen LogP contribution in [0.15, 0.2) is 12.1 Å². The summed E-state index contributed by atoms with van der Waals surface area (Å²) in [6.07, 6.45) is 0.218. The third kappa shape index (κ3) is 2.91. The number of nitrogens with zero attached hydrogens (tertiary/aromatic N) is 1. The van der Waals surface area contributed by atoms with Crippen LogP contribution in [-0.4, -0.2) is 17.7 Å². The molecule has 0 bridgehead atoms. The summed E-state index contributed by atoms with van der Waals surface area (Å²) < 4.78 is 28.5. The van der Waals surface area contributed by atoms with Gasteiger partial charge in [-0.05, 0) is 18.6 Å². The van der Waals surface area contributed by atoms with Crippen molar-refractivity contribution < 1.29 is 23.4 Å². The van der Waals surface area contributed by atoms with E-state index in [1.165, 1.54) is 0 Å². The highest BCUT2D eigenvalue weighted by molar-refractivity contribution is 5.90. The SMILES string of the molecule is CCc1c(OC(F)F)cc(C#N)cc1C(=O)O. The normalized spacial score (nSPS) is 10.1. The van der Waals surface area contributed by atoms with Crippen molar-refractivity contribution in [3.05, 3.63) is 28.8 Å². The summed E-state index contributed by atoms with van der Waals surface area (Å²) in [5, 5.41) is 17.6. The zero-order chi connectivity index (χ0) is 13.0. The first kappa shape index (κ1) is 12.9. The maximum Gasteiger partial charge on any atom is 0.387 e. The van der Waals surface area contributed by atoms with Crippen molar-refractivity contribution in [2.45, 2.75) is 20.0 Å². The third-order valence-corrected chi connectivity index (χ3v) is 2.14. The van der Waals surface area contributed by atoms with Crippen molar-refractivity contribution in [2.75, 3.05) is 0 Å². The van der Waals surface area contributed by atoms with Gasteiger partial charge in [-0.25, -0.2) is 4.79 Å². The lowest BCUT2D eigenvalue weighted by atomic mass is 10.0. The van der Waals surface area contributed by atoms with Crippen LogP contribution in [0.4, 0.5) is 8.78 Å². The first-order valence-corrected chi connectivity index (χ1v) is 4.74. The molecule has 0 aliphatic heterocycles. The van der Waals surface area contributed by atoms with E-state index in [1.807, 2.05) is 0 Å². The largest absolute Gasteiger partial charge is 0.478 e. The molecule has 1 aromatic carbocycles. The monoisotopic (exact) mass is 241 g/mol. The van der Waals surface area contributed by atoms with Crippen LogP contribution in [-0.2, 0) is 6.42 Å². The molecule has 0 aliphatic rings. The van der Waals surface area contributed by atoms with Gasteiger partial charge in [0, 0.05) is 5.56 Å². The van der Waals surface area contributed by atoms with Crippen molar-refractivity contribution in [1.29, 1.82) is 5.26 Å². The topological polar surface area (TPSA) is 70.3 Å². The second-order valence-corrected chi connectivity index (χ2v) is 3.15. The lowest BCUT2D eigenvalue weighted by Gasteiger charge is -2.12. The van der Waals surface area contributed by atoms with E-state index in [0.717, 1.165) is 12.1 Å². The summed E-state index contributed by atoms with van der Waals surface area (Å²) in [4.78, 5) is 10.9. The molecule has 0 fully saturated rings. The number of aromatic carboxylic acids is 1. The van der Waals surface area contributed by atoms with Gasteiger partial charge in [-0.15, -0.1) is 0 Å². The smallest absolute Gasteiger partial charge is 0.387 e. The van der Waals surface area contributed by atoms with Crippen LogP contribution in [0.5, 0.6) is 5.75 Å². The minimum Gasteiger partial charge on any atom is -0.478 e. The number of alkyl halides is 2. The van der Waals surface area contributed by atoms with Crippen molar-refractivity contribution in [3.63, 3.8) is 0 Å². The van der Waals surface area contributed by atoms with Crippen molar-refractivity contribution >= 4 is 5.97 Å². The number of nitriles is 1. The Hall–Kier alpha value is -2.16. The molecule has 1 aromatic rings. The summed E-state index contributed by atoms with van der Waals surface area (Å²) in [5.74, 6) is -1.54. The number of halogens is 2. The Morgan fingerprint density at radius 2 is 2.24 bits per heavy atom. The summed E-state index contributed by atoms with van der Waals surface area (Å²) in [5.41, 5.74) is -0.0748. The number of rotatable bonds is 4. The summed E-state index contributed by atoms with van der Waals surface area (Å²) in [6, 6.07) is 3.95. The predicted molar refractivity (Wildman–Crippen MR) is 54.1 cm³/mol. The Morgan fingerprint density at radius 1 is 1.59 bits per heavy atom. The maximum atomic E-state index is 12.2. The molecule has 0 atom stereocenters. The Labute approximate surface area is 96.0 Å². The zero-order valence-electron chi connectivity index (χ0n) is 8.91. The molecular formula is C11H9F2NO3. The van der Waals surface area contributed by atoms with E-state index in [0.29, 0.717) is 0 Å². The molecule has 17 heavy (non-hydrogen) atoms. The zero-order valence-corrected chi connectivity index (χ0v) is 8.91. The van der Waals surface area contributed by atoms with Crippen molar-refractivity contribution in [2.24, 2.45) is 0 Å². The molecular weight excluding hydrogens is 232 g/mol. The number of hydrogen-bond donors (Lipinski definition) is 1. The van der Waals surface area contributed by atoms with E-state index >= 15 is 0 Å². The molecule has 0 aromatic heterocycles. The average molecular weight is 241 g/mol. The van der Waals surface area contributed by atoms with Crippen LogP contribution in [0.2, 0.25) is 0 Å². The van der Waals surface area contributed by atoms with Gasteiger partial charge in [0.05, 0.1) is 17.2 Å². The van der Waals surface area contributed by atoms with Gasteiger partial charge in [-0.1, -0.05) is 6.92 Å². The number of carbonyl (C=O) groups is 1. The second-order valence-electron chi connectivity index (χ2n) is 3.15. The minimum absolute atomic E-state index is 0.0322. The molecule has 1 N–H and O–H groups in total. The van der Waals surface area contributed by atoms with Gasteiger partial charge in [0.1, 0.15) is 5.75 Å². The summed E-state index contributed by atoms with van der Waals surface area (Å²) >= 11 is 0. The van der Waals surface area contributed by atoms with E-state index < -0.39 is 12.6 Å². The number of benzene rings is 1. The number of ether oxygens (including phenoxy) is 1. The fourth-order valence-corrected chi connectivity index (χ4v) is 1.47. The molecule has 6 heteroatoms. The van der Waals surface area contributed by atoms with Gasteiger partial charge in [-0.3, -0.25) is 0 Å². The van der Waals surface area contributed by atoms with E-state index in [2.05, 4.69) is 4.74 Å². The molecule has 0 radical (unpaired) electrons. The molecule has 0 unspecified atom stereocenters. The van der Waals surface area contributed by atoms with Gasteiger partial charge >= 0.3 is 12.6 Å². The van der Waals surface area contributed by atoms with Crippen LogP contribution in [0, 0.1) is 11.3 Å². The van der Waals surface area contributed by atoms with Gasteiger partial charge in [0.25, 0.3) is 0 Å². The molecule has 90 valence electrons. The lowest BCUT2D eigenvalue weighted by Crippen LogP contribution is -2.09. The summed E-state index contributed by atoms with van der Waals surface area (Å²) in [6.45, 7) is -1.44. The van der Waals surface area contributed by atoms with Gasteiger partial charge in [0.2, 0.25) is 0 Å². The standard InChI is InChI=1S/C11H9F2NO3/c1-2-7-8(10(15)16)3-6(5-14)4-9(7)17-11(12)13/h3-4,11H,2H2,1H3,(H,15,16). The highest BCUT2D eigenvalue weighted by Gasteiger charge is 2.18. The van der Waals surface area contributed by atoms with Crippen LogP contribution in [0.25, 0.3) is 0 Å². The fourth-order valence-electron chi connectivity index (χ4n) is 1.47. The first-order valence-electron chi connectivity index (χ1n) is 4.74. The van der Waals surface area contributed by atoms with Gasteiger partial charge in [-0.2, -0.15) is 14.0 Å². The van der Waals surface area contributed by atoms with Gasteiger partial charge in [0.15, 0.2) is 0 Å². The van der Waals surface area contributed by atoms with Crippen LogP contribution < -0.4 is 4.74 Å². The highest BCUT2D eigenvalue weighted by atomic mass is 19.3. The Morgan fingerprint density at radius 3 is 2.65 bits per heavy atom. The third-order valence-electron chi connectivity index (χ3n) is 2.14. The molecule has 0 aliphatic carbocycles. The lowest BCUT2D eigenvalue weighted by molar-refractivity contribution is -0.0505. The van der Waals surface area contributed by atoms with E-state index in [9.17, 15) is 13.6 Å². The molecule has 0 amide bonds. The maximum absolute atomic E-state index is 12.2. The molecule has 1 rings (SSSR count). The van der Waals surface area contributed by atoms with Crippen LogP contribution in [0.3, 0.4) is 0 Å². The quantitative estimate of drug-likeness (QED) is 0.878. The predicted octanol–water partition coefficient (Wildman–Crippen LogP) is 2.42. The van der Waals surface area contributed by atoms with E-state index in [4.69, 9.17) is 10.4 Å². The molecule has 0 saturated carbocycles. The molecule has 4 nitrogen and oxygen atoms in total. The molecule has 0 heterocycles. The van der Waals surface area contributed by atoms with Crippen molar-refractivity contribution in [3.8, 4) is 11.8 Å². The molecule has 0 saturated heterocycles. The molecule has 0 spiro atoms. The Kier molecular flexibility index (Phi) is 3.99.